The molecule has 2 fully saturated rings. The minimum Gasteiger partial charge on any atom is -0.482 e. The maximum Gasteiger partial charge on any atom is 0.339 e. The Hall–Kier alpha value is -4.01. The Bertz CT molecular complexity index is 1860. The molecule has 1 aromatic carbocycles. The fourth-order valence-corrected chi connectivity index (χ4v) is 8.33. The zero-order chi connectivity index (χ0) is 43.1. The average molecular weight is 812 g/mol. The summed E-state index contributed by atoms with van der Waals surface area (Å²) in [6.07, 6.45) is -4.08. The van der Waals surface area contributed by atoms with Crippen LogP contribution in [0.3, 0.4) is 0 Å². The lowest BCUT2D eigenvalue weighted by Crippen LogP contribution is -2.67. The summed E-state index contributed by atoms with van der Waals surface area (Å²) in [7, 11) is 3.27. The molecule has 320 valence electrons. The molecule has 6 rings (SSSR count). The van der Waals surface area contributed by atoms with E-state index in [1.807, 2.05) is 12.1 Å². The first-order valence-electron chi connectivity index (χ1n) is 20.2. The van der Waals surface area contributed by atoms with E-state index in [0.717, 1.165) is 31.2 Å². The second-order valence-electron chi connectivity index (χ2n) is 20.5. The van der Waals surface area contributed by atoms with Gasteiger partial charge in [0.2, 0.25) is 6.29 Å². The Morgan fingerprint density at radius 2 is 1.29 bits per heavy atom. The molecule has 14 nitrogen and oxygen atoms in total. The molecule has 0 aromatic heterocycles. The number of hydrogen-bond acceptors (Lipinski definition) is 14. The summed E-state index contributed by atoms with van der Waals surface area (Å²) in [6.45, 7) is 20.9. The molecule has 5 aliphatic rings. The molecule has 58 heavy (non-hydrogen) atoms. The molecule has 3 heterocycles. The van der Waals surface area contributed by atoms with E-state index in [0.29, 0.717) is 17.9 Å². The van der Waals surface area contributed by atoms with E-state index in [2.05, 4.69) is 18.0 Å². The van der Waals surface area contributed by atoms with E-state index in [4.69, 9.17) is 37.9 Å². The Balaban J connectivity index is 1.46. The van der Waals surface area contributed by atoms with Crippen LogP contribution in [0.15, 0.2) is 24.3 Å². The number of likely N-dealkylation sites (tertiary alicyclic amines) is 1. The van der Waals surface area contributed by atoms with Gasteiger partial charge in [-0.1, -0.05) is 18.2 Å². The molecular weight excluding hydrogens is 750 g/mol. The molecule has 1 spiro atoms. The highest BCUT2D eigenvalue weighted by atomic mass is 16.7. The summed E-state index contributed by atoms with van der Waals surface area (Å²) in [4.78, 5) is 70.2. The van der Waals surface area contributed by atoms with Crippen molar-refractivity contribution < 1.29 is 61.9 Å². The lowest BCUT2D eigenvalue weighted by molar-refractivity contribution is -0.316. The standard InChI is InChI=1S/C44H61NO13/c1-40(2,3)36(47)53-25-17-15-22-21-24-23-16-18-26(33-44(23,19-20-45(24)13)27(22)28(25)54-33)52-35-32(58-39(50)43(10,11)12)30(57-38(49)42(7,8)9)29(31(55-35)34(46)51-14)56-37(48)41(4,5)6/h15-18,23-24,26,29-33,35H,19-21H2,1-14H3/t23-,24+,26-,29+,30+,31+,32-,33-,35-,44-/m0/s1. The zero-order valence-corrected chi connectivity index (χ0v) is 36.4. The summed E-state index contributed by atoms with van der Waals surface area (Å²) in [5.41, 5.74) is -2.48. The number of carbonyl (C=O) groups excluding carboxylic acids is 5. The molecule has 1 aromatic rings. The first-order chi connectivity index (χ1) is 26.7. The van der Waals surface area contributed by atoms with Crippen LogP contribution in [0.25, 0.3) is 0 Å². The number of hydrogen-bond donors (Lipinski definition) is 0. The monoisotopic (exact) mass is 811 g/mol. The molecule has 10 atom stereocenters. The zero-order valence-electron chi connectivity index (χ0n) is 36.4. The van der Waals surface area contributed by atoms with Crippen molar-refractivity contribution in [2.45, 2.75) is 150 Å². The number of carbonyl (C=O) groups is 5. The highest BCUT2D eigenvalue weighted by Crippen LogP contribution is 2.63. The van der Waals surface area contributed by atoms with Crippen LogP contribution in [0, 0.1) is 27.6 Å². The van der Waals surface area contributed by atoms with Crippen LogP contribution in [-0.4, -0.2) is 104 Å². The fourth-order valence-electron chi connectivity index (χ4n) is 8.33. The summed E-state index contributed by atoms with van der Waals surface area (Å²) in [5.74, 6) is -2.68. The van der Waals surface area contributed by atoms with Gasteiger partial charge in [0.1, 0.15) is 12.2 Å². The Kier molecular flexibility index (Phi) is 11.2. The number of rotatable bonds is 7. The van der Waals surface area contributed by atoms with Crippen molar-refractivity contribution in [2.24, 2.45) is 27.6 Å². The third-order valence-corrected chi connectivity index (χ3v) is 11.7. The number of benzene rings is 1. The van der Waals surface area contributed by atoms with Gasteiger partial charge in [0.15, 0.2) is 35.9 Å². The van der Waals surface area contributed by atoms with Gasteiger partial charge in [-0.25, -0.2) is 4.79 Å². The van der Waals surface area contributed by atoms with Gasteiger partial charge in [-0.2, -0.15) is 0 Å². The molecule has 0 amide bonds. The smallest absolute Gasteiger partial charge is 0.339 e. The van der Waals surface area contributed by atoms with Crippen LogP contribution >= 0.6 is 0 Å². The van der Waals surface area contributed by atoms with E-state index in [1.165, 1.54) is 0 Å². The molecule has 0 N–H and O–H groups in total. The minimum absolute atomic E-state index is 0.00436. The third-order valence-electron chi connectivity index (χ3n) is 11.7. The first-order valence-corrected chi connectivity index (χ1v) is 20.2. The SMILES string of the molecule is COC(=O)[C@@H]1O[C@H](O[C@H]2C=C[C@H]3[C@H]4Cc5ccc(OC(=O)C(C)(C)C)c6c5[C@@]3(CCN4C)[C@H]2O6)[C@@H](OC(=O)C(C)(C)C)[C@H](OC(=O)C(C)(C)C)[C@H]1OC(=O)C(C)(C)C. The number of methoxy groups -OCH3 is 1. The lowest BCUT2D eigenvalue weighted by Gasteiger charge is -2.57. The molecule has 2 aliphatic carbocycles. The minimum atomic E-state index is -1.67. The number of ether oxygens (including phenoxy) is 8. The Morgan fingerprint density at radius 1 is 0.741 bits per heavy atom. The highest BCUT2D eigenvalue weighted by molar-refractivity contribution is 5.81. The van der Waals surface area contributed by atoms with Crippen LogP contribution in [0.5, 0.6) is 11.5 Å². The largest absolute Gasteiger partial charge is 0.482 e. The van der Waals surface area contributed by atoms with E-state index >= 15 is 0 Å². The van der Waals surface area contributed by atoms with Gasteiger partial charge < -0.3 is 42.8 Å². The summed E-state index contributed by atoms with van der Waals surface area (Å²) < 4.78 is 49.6. The number of likely N-dealkylation sites (N-methyl/N-ethyl adjacent to an activating group) is 1. The van der Waals surface area contributed by atoms with Gasteiger partial charge in [0.05, 0.1) is 28.8 Å². The van der Waals surface area contributed by atoms with Crippen LogP contribution in [0.1, 0.15) is 101 Å². The van der Waals surface area contributed by atoms with Crippen molar-refractivity contribution in [3.05, 3.63) is 35.4 Å². The van der Waals surface area contributed by atoms with Crippen molar-refractivity contribution in [1.29, 1.82) is 0 Å². The van der Waals surface area contributed by atoms with Crippen LogP contribution in [0.4, 0.5) is 0 Å². The topological polar surface area (TPSA) is 162 Å². The van der Waals surface area contributed by atoms with Crippen molar-refractivity contribution in [3.8, 4) is 11.5 Å². The molecular formula is C44H61NO13. The predicted molar refractivity (Wildman–Crippen MR) is 209 cm³/mol. The predicted octanol–water partition coefficient (Wildman–Crippen LogP) is 5.24. The van der Waals surface area contributed by atoms with Crippen LogP contribution in [-0.2, 0) is 64.2 Å². The molecule has 3 aliphatic heterocycles. The normalized spacial score (nSPS) is 31.7. The summed E-state index contributed by atoms with van der Waals surface area (Å²) in [6, 6.07) is 3.94. The van der Waals surface area contributed by atoms with Crippen molar-refractivity contribution >= 4 is 29.8 Å². The molecule has 14 heteroatoms. The van der Waals surface area contributed by atoms with Gasteiger partial charge in [0.25, 0.3) is 0 Å². The average Bonchev–Trinajstić information content (AvgIpc) is 3.46. The van der Waals surface area contributed by atoms with Gasteiger partial charge in [-0.15, -0.1) is 0 Å². The van der Waals surface area contributed by atoms with Crippen molar-refractivity contribution in [3.63, 3.8) is 0 Å². The highest BCUT2D eigenvalue weighted by Gasteiger charge is 2.66. The van der Waals surface area contributed by atoms with E-state index in [-0.39, 0.29) is 12.0 Å². The maximum absolute atomic E-state index is 13.8. The second kappa shape index (κ2) is 14.9. The summed E-state index contributed by atoms with van der Waals surface area (Å²) in [5, 5.41) is 0. The van der Waals surface area contributed by atoms with Crippen LogP contribution < -0.4 is 9.47 Å². The van der Waals surface area contributed by atoms with Crippen molar-refractivity contribution in [1.82, 2.24) is 4.90 Å². The van der Waals surface area contributed by atoms with Gasteiger partial charge in [-0.3, -0.25) is 19.2 Å². The van der Waals surface area contributed by atoms with E-state index in [1.54, 1.807) is 89.2 Å². The van der Waals surface area contributed by atoms with E-state index < -0.39 is 99.8 Å². The summed E-state index contributed by atoms with van der Waals surface area (Å²) >= 11 is 0. The Labute approximate surface area is 341 Å². The molecule has 2 bridgehead atoms. The van der Waals surface area contributed by atoms with E-state index in [9.17, 15) is 24.0 Å². The number of nitrogens with zero attached hydrogens (tertiary/aromatic N) is 1. The van der Waals surface area contributed by atoms with Gasteiger partial charge in [-0.05, 0) is 121 Å². The third kappa shape index (κ3) is 7.76. The molecule has 0 radical (unpaired) electrons. The molecule has 0 saturated carbocycles. The first kappa shape index (κ1) is 43.6. The maximum atomic E-state index is 13.8. The van der Waals surface area contributed by atoms with Crippen LogP contribution in [0.2, 0.25) is 0 Å². The number of piperidine rings is 1. The fraction of sp³-hybridized carbons (Fsp3) is 0.705. The molecule has 0 unspecified atom stereocenters. The Morgan fingerprint density at radius 3 is 1.84 bits per heavy atom. The number of esters is 5. The molecule has 2 saturated heterocycles. The lowest BCUT2D eigenvalue weighted by atomic mass is 9.53. The second-order valence-corrected chi connectivity index (χ2v) is 20.5. The quantitative estimate of drug-likeness (QED) is 0.152. The van der Waals surface area contributed by atoms with Gasteiger partial charge >= 0.3 is 29.8 Å². The van der Waals surface area contributed by atoms with Crippen molar-refractivity contribution in [2.75, 3.05) is 20.7 Å². The van der Waals surface area contributed by atoms with Gasteiger partial charge in [0, 0.05) is 22.9 Å².